The first kappa shape index (κ1) is 19.1. The fourth-order valence-corrected chi connectivity index (χ4v) is 1.79. The maximum absolute atomic E-state index is 5.52. The molecule has 2 aromatic carbocycles. The first-order chi connectivity index (χ1) is 9.71. The Hall–Kier alpha value is -1.87. The Bertz CT molecular complexity index is 503. The lowest BCUT2D eigenvalue weighted by molar-refractivity contribution is 0.355. The lowest BCUT2D eigenvalue weighted by atomic mass is 10.1. The molecule has 0 fully saturated rings. The number of nitrogens with two attached hydrogens (primary N) is 1. The van der Waals surface area contributed by atoms with E-state index in [0.717, 1.165) is 0 Å². The molecule has 0 amide bonds. The summed E-state index contributed by atoms with van der Waals surface area (Å²) in [5.41, 5.74) is 7.64. The number of hydrogen-bond acceptors (Lipinski definition) is 3. The minimum absolute atomic E-state index is 0. The SMILES string of the molecule is CCCc1ccccc1.COc1ccc(N)cc1OC.Cl. The van der Waals surface area contributed by atoms with Crippen LogP contribution in [0.1, 0.15) is 18.9 Å². The molecule has 2 rings (SSSR count). The predicted octanol–water partition coefficient (Wildman–Crippen LogP) is 4.35. The van der Waals surface area contributed by atoms with Crippen LogP contribution in [0.4, 0.5) is 5.69 Å². The molecule has 4 heteroatoms. The van der Waals surface area contributed by atoms with Crippen molar-refractivity contribution in [3.05, 3.63) is 54.1 Å². The number of halogens is 1. The summed E-state index contributed by atoms with van der Waals surface area (Å²) in [4.78, 5) is 0. The van der Waals surface area contributed by atoms with Crippen LogP contribution in [-0.2, 0) is 6.42 Å². The number of methoxy groups -OCH3 is 2. The Morgan fingerprint density at radius 3 is 2.05 bits per heavy atom. The second-order valence-corrected chi connectivity index (χ2v) is 4.35. The van der Waals surface area contributed by atoms with E-state index in [1.54, 1.807) is 32.4 Å². The van der Waals surface area contributed by atoms with Crippen LogP contribution in [-0.4, -0.2) is 14.2 Å². The summed E-state index contributed by atoms with van der Waals surface area (Å²) in [6.45, 7) is 2.20. The van der Waals surface area contributed by atoms with Gasteiger partial charge in [0.15, 0.2) is 11.5 Å². The van der Waals surface area contributed by atoms with Gasteiger partial charge in [-0.05, 0) is 24.1 Å². The third-order valence-corrected chi connectivity index (χ3v) is 2.79. The van der Waals surface area contributed by atoms with Gasteiger partial charge in [-0.25, -0.2) is 0 Å². The van der Waals surface area contributed by atoms with E-state index in [2.05, 4.69) is 37.3 Å². The van der Waals surface area contributed by atoms with Crippen molar-refractivity contribution in [3.8, 4) is 11.5 Å². The smallest absolute Gasteiger partial charge is 0.162 e. The van der Waals surface area contributed by atoms with Crippen molar-refractivity contribution >= 4 is 18.1 Å². The Morgan fingerprint density at radius 1 is 0.905 bits per heavy atom. The number of rotatable bonds is 4. The van der Waals surface area contributed by atoms with Crippen LogP contribution in [0.5, 0.6) is 11.5 Å². The van der Waals surface area contributed by atoms with Crippen molar-refractivity contribution in [2.24, 2.45) is 0 Å². The summed E-state index contributed by atoms with van der Waals surface area (Å²) < 4.78 is 10.0. The molecule has 0 unspecified atom stereocenters. The van der Waals surface area contributed by atoms with Crippen LogP contribution < -0.4 is 15.2 Å². The molecular weight excluding hydrogens is 286 g/mol. The van der Waals surface area contributed by atoms with E-state index in [4.69, 9.17) is 15.2 Å². The Labute approximate surface area is 133 Å². The number of ether oxygens (including phenoxy) is 2. The van der Waals surface area contributed by atoms with Crippen molar-refractivity contribution in [1.29, 1.82) is 0 Å². The van der Waals surface area contributed by atoms with Crippen molar-refractivity contribution in [2.45, 2.75) is 19.8 Å². The van der Waals surface area contributed by atoms with Gasteiger partial charge >= 0.3 is 0 Å². The lowest BCUT2D eigenvalue weighted by Gasteiger charge is -2.06. The zero-order valence-electron chi connectivity index (χ0n) is 12.8. The zero-order valence-corrected chi connectivity index (χ0v) is 13.7. The van der Waals surface area contributed by atoms with Crippen LogP contribution >= 0.6 is 12.4 Å². The molecule has 2 N–H and O–H groups in total. The number of anilines is 1. The topological polar surface area (TPSA) is 44.5 Å². The summed E-state index contributed by atoms with van der Waals surface area (Å²) >= 11 is 0. The van der Waals surface area contributed by atoms with Crippen LogP contribution in [0.2, 0.25) is 0 Å². The number of nitrogen functional groups attached to an aromatic ring is 1. The molecule has 0 saturated carbocycles. The maximum atomic E-state index is 5.52. The summed E-state index contributed by atoms with van der Waals surface area (Å²) in [5.74, 6) is 1.36. The van der Waals surface area contributed by atoms with Crippen LogP contribution in [0.25, 0.3) is 0 Å². The Balaban J connectivity index is 0.000000370. The normalized spacial score (nSPS) is 8.90. The van der Waals surface area contributed by atoms with Gasteiger partial charge in [-0.15, -0.1) is 12.4 Å². The molecule has 0 atom stereocenters. The Kier molecular flexibility index (Phi) is 9.90. The first-order valence-corrected chi connectivity index (χ1v) is 6.72. The van der Waals surface area contributed by atoms with Crippen LogP contribution in [0, 0.1) is 0 Å². The molecule has 0 bridgehead atoms. The highest BCUT2D eigenvalue weighted by atomic mass is 35.5. The predicted molar refractivity (Wildman–Crippen MR) is 91.6 cm³/mol. The summed E-state index contributed by atoms with van der Waals surface area (Å²) in [7, 11) is 3.17. The van der Waals surface area contributed by atoms with E-state index in [0.29, 0.717) is 17.2 Å². The first-order valence-electron chi connectivity index (χ1n) is 6.72. The summed E-state index contributed by atoms with van der Waals surface area (Å²) in [6, 6.07) is 15.8. The van der Waals surface area contributed by atoms with Gasteiger partial charge in [0.05, 0.1) is 14.2 Å². The van der Waals surface area contributed by atoms with Gasteiger partial charge in [0.25, 0.3) is 0 Å². The van der Waals surface area contributed by atoms with Crippen molar-refractivity contribution in [2.75, 3.05) is 20.0 Å². The fraction of sp³-hybridized carbons (Fsp3) is 0.294. The fourth-order valence-electron chi connectivity index (χ4n) is 1.79. The number of hydrogen-bond donors (Lipinski definition) is 1. The molecule has 116 valence electrons. The molecule has 21 heavy (non-hydrogen) atoms. The minimum atomic E-state index is 0. The maximum Gasteiger partial charge on any atom is 0.162 e. The highest BCUT2D eigenvalue weighted by Gasteiger charge is 2.01. The van der Waals surface area contributed by atoms with Gasteiger partial charge in [-0.2, -0.15) is 0 Å². The molecule has 0 aliphatic heterocycles. The molecule has 0 aliphatic carbocycles. The zero-order chi connectivity index (χ0) is 14.8. The molecule has 0 spiro atoms. The van der Waals surface area contributed by atoms with Crippen LogP contribution in [0.15, 0.2) is 48.5 Å². The Morgan fingerprint density at radius 2 is 1.52 bits per heavy atom. The minimum Gasteiger partial charge on any atom is -0.493 e. The third-order valence-electron chi connectivity index (χ3n) is 2.79. The second-order valence-electron chi connectivity index (χ2n) is 4.35. The van der Waals surface area contributed by atoms with Crippen molar-refractivity contribution in [3.63, 3.8) is 0 Å². The quantitative estimate of drug-likeness (QED) is 0.854. The molecule has 2 aromatic rings. The largest absolute Gasteiger partial charge is 0.493 e. The van der Waals surface area contributed by atoms with Gasteiger partial charge in [0.1, 0.15) is 0 Å². The average Bonchev–Trinajstić information content (AvgIpc) is 2.49. The van der Waals surface area contributed by atoms with E-state index in [-0.39, 0.29) is 12.4 Å². The van der Waals surface area contributed by atoms with E-state index >= 15 is 0 Å². The number of aryl methyl sites for hydroxylation is 1. The van der Waals surface area contributed by atoms with E-state index in [1.807, 2.05) is 0 Å². The van der Waals surface area contributed by atoms with Crippen molar-refractivity contribution < 1.29 is 9.47 Å². The van der Waals surface area contributed by atoms with Crippen molar-refractivity contribution in [1.82, 2.24) is 0 Å². The van der Waals surface area contributed by atoms with Gasteiger partial charge in [0, 0.05) is 11.8 Å². The molecule has 3 nitrogen and oxygen atoms in total. The molecule has 0 aliphatic rings. The van der Waals surface area contributed by atoms with Gasteiger partial charge in [-0.3, -0.25) is 0 Å². The van der Waals surface area contributed by atoms with Gasteiger partial charge in [0.2, 0.25) is 0 Å². The van der Waals surface area contributed by atoms with Gasteiger partial charge < -0.3 is 15.2 Å². The second kappa shape index (κ2) is 10.9. The van der Waals surface area contributed by atoms with E-state index in [1.165, 1.54) is 18.4 Å². The molecule has 0 radical (unpaired) electrons. The molecular formula is C17H24ClNO2. The summed E-state index contributed by atoms with van der Waals surface area (Å²) in [6.07, 6.45) is 2.45. The van der Waals surface area contributed by atoms with E-state index < -0.39 is 0 Å². The summed E-state index contributed by atoms with van der Waals surface area (Å²) in [5, 5.41) is 0. The van der Waals surface area contributed by atoms with E-state index in [9.17, 15) is 0 Å². The lowest BCUT2D eigenvalue weighted by Crippen LogP contribution is -1.92. The molecule has 0 saturated heterocycles. The highest BCUT2D eigenvalue weighted by molar-refractivity contribution is 5.85. The standard InChI is InChI=1S/C9H12.C8H11NO2.ClH/c1-2-6-9-7-4-3-5-8-9;1-10-7-4-3-6(9)5-8(7)11-2;/h3-5,7-8H,2,6H2,1H3;3-5H,9H2,1-2H3;1H. The molecule has 0 aromatic heterocycles. The monoisotopic (exact) mass is 309 g/mol. The number of benzene rings is 2. The third kappa shape index (κ3) is 6.91. The highest BCUT2D eigenvalue weighted by Crippen LogP contribution is 2.28. The van der Waals surface area contributed by atoms with Gasteiger partial charge in [-0.1, -0.05) is 43.7 Å². The average molecular weight is 310 g/mol. The van der Waals surface area contributed by atoms with Crippen LogP contribution in [0.3, 0.4) is 0 Å². The molecule has 0 heterocycles.